The van der Waals surface area contributed by atoms with Crippen molar-refractivity contribution < 1.29 is 9.53 Å². The molecule has 2 aromatic rings. The van der Waals surface area contributed by atoms with Gasteiger partial charge in [0, 0.05) is 29.4 Å². The number of carbonyl (C=O) groups excluding carboxylic acids is 1. The van der Waals surface area contributed by atoms with Crippen molar-refractivity contribution in [3.05, 3.63) is 58.6 Å². The van der Waals surface area contributed by atoms with Gasteiger partial charge in [0.1, 0.15) is 10.7 Å². The minimum Gasteiger partial charge on any atom is -0.484 e. The summed E-state index contributed by atoms with van der Waals surface area (Å²) in [7, 11) is 0. The summed E-state index contributed by atoms with van der Waals surface area (Å²) in [4.78, 5) is 15.2. The second-order valence-electron chi connectivity index (χ2n) is 6.27. The fraction of sp³-hybridized carbons (Fsp3) is 0.300. The Kier molecular flexibility index (Phi) is 6.12. The zero-order valence-corrected chi connectivity index (χ0v) is 16.2. The van der Waals surface area contributed by atoms with E-state index in [0.717, 1.165) is 29.2 Å². The molecule has 0 bridgehead atoms. The molecule has 3 rings (SSSR count). The average Bonchev–Trinajstić information content (AvgIpc) is 3.18. The van der Waals surface area contributed by atoms with E-state index in [9.17, 15) is 4.79 Å². The number of likely N-dealkylation sites (tertiary alicyclic amines) is 1. The Morgan fingerprint density at radius 2 is 1.88 bits per heavy atom. The van der Waals surface area contributed by atoms with Gasteiger partial charge in [0.15, 0.2) is 6.61 Å². The third-order valence-electron chi connectivity index (χ3n) is 4.41. The standard InChI is InChI=1S/C20H21ClN2O2S/c1-14-17(21)5-4-6-18(14)22-19(24)13-25-16-9-7-15(8-10-16)20(26)23-11-2-3-12-23/h4-10H,2-3,11-13H2,1H3,(H,22,24). The van der Waals surface area contributed by atoms with Gasteiger partial charge in [-0.2, -0.15) is 0 Å². The van der Waals surface area contributed by atoms with Crippen LogP contribution in [0.5, 0.6) is 5.75 Å². The predicted octanol–water partition coefficient (Wildman–Crippen LogP) is 4.44. The van der Waals surface area contributed by atoms with Gasteiger partial charge in [-0.1, -0.05) is 29.9 Å². The molecule has 1 saturated heterocycles. The first-order valence-corrected chi connectivity index (χ1v) is 9.40. The summed E-state index contributed by atoms with van der Waals surface area (Å²) >= 11 is 11.6. The topological polar surface area (TPSA) is 41.6 Å². The molecule has 0 aliphatic carbocycles. The number of anilines is 1. The van der Waals surface area contributed by atoms with Crippen LogP contribution in [0.25, 0.3) is 0 Å². The fourth-order valence-electron chi connectivity index (χ4n) is 2.87. The summed E-state index contributed by atoms with van der Waals surface area (Å²) in [5, 5.41) is 3.43. The molecule has 0 aromatic heterocycles. The van der Waals surface area contributed by atoms with Gasteiger partial charge >= 0.3 is 0 Å². The normalized spacial score (nSPS) is 13.5. The Labute approximate surface area is 164 Å². The Balaban J connectivity index is 1.53. The summed E-state index contributed by atoms with van der Waals surface area (Å²) in [6.45, 7) is 3.85. The first-order valence-electron chi connectivity index (χ1n) is 8.62. The van der Waals surface area contributed by atoms with Crippen molar-refractivity contribution in [2.24, 2.45) is 0 Å². The van der Waals surface area contributed by atoms with E-state index in [4.69, 9.17) is 28.6 Å². The molecule has 0 atom stereocenters. The first-order chi connectivity index (χ1) is 12.5. The molecular weight excluding hydrogens is 368 g/mol. The predicted molar refractivity (Wildman–Crippen MR) is 109 cm³/mol. The highest BCUT2D eigenvalue weighted by molar-refractivity contribution is 7.80. The Morgan fingerprint density at radius 1 is 1.19 bits per heavy atom. The number of thiocarbonyl (C=S) groups is 1. The van der Waals surface area contributed by atoms with Crippen molar-refractivity contribution in [1.82, 2.24) is 4.90 Å². The monoisotopic (exact) mass is 388 g/mol. The van der Waals surface area contributed by atoms with E-state index >= 15 is 0 Å². The SMILES string of the molecule is Cc1c(Cl)cccc1NC(=O)COc1ccc(C(=S)N2CCCC2)cc1. The molecule has 1 N–H and O–H groups in total. The van der Waals surface area contributed by atoms with Crippen molar-refractivity contribution in [3.63, 3.8) is 0 Å². The Hall–Kier alpha value is -2.11. The van der Waals surface area contributed by atoms with E-state index in [1.54, 1.807) is 12.1 Å². The minimum atomic E-state index is -0.230. The van der Waals surface area contributed by atoms with Crippen LogP contribution in [0, 0.1) is 6.92 Å². The molecule has 6 heteroatoms. The van der Waals surface area contributed by atoms with E-state index in [1.165, 1.54) is 12.8 Å². The lowest BCUT2D eigenvalue weighted by Gasteiger charge is -2.18. The highest BCUT2D eigenvalue weighted by atomic mass is 35.5. The number of rotatable bonds is 5. The van der Waals surface area contributed by atoms with E-state index < -0.39 is 0 Å². The largest absolute Gasteiger partial charge is 0.484 e. The lowest BCUT2D eigenvalue weighted by atomic mass is 10.2. The highest BCUT2D eigenvalue weighted by Crippen LogP contribution is 2.23. The van der Waals surface area contributed by atoms with E-state index in [2.05, 4.69) is 10.2 Å². The van der Waals surface area contributed by atoms with Gasteiger partial charge in [-0.3, -0.25) is 4.79 Å². The second kappa shape index (κ2) is 8.52. The minimum absolute atomic E-state index is 0.0676. The molecule has 4 nitrogen and oxygen atoms in total. The molecule has 2 aromatic carbocycles. The van der Waals surface area contributed by atoms with E-state index in [0.29, 0.717) is 16.5 Å². The number of nitrogens with zero attached hydrogens (tertiary/aromatic N) is 1. The van der Waals surface area contributed by atoms with Crippen molar-refractivity contribution in [2.75, 3.05) is 25.0 Å². The van der Waals surface area contributed by atoms with Crippen LogP contribution in [0.15, 0.2) is 42.5 Å². The first kappa shape index (κ1) is 18.7. The Bertz CT molecular complexity index is 802. The molecular formula is C20H21ClN2O2S. The highest BCUT2D eigenvalue weighted by Gasteiger charge is 2.16. The van der Waals surface area contributed by atoms with Crippen LogP contribution < -0.4 is 10.1 Å². The number of hydrogen-bond donors (Lipinski definition) is 1. The fourth-order valence-corrected chi connectivity index (χ4v) is 3.37. The summed E-state index contributed by atoms with van der Waals surface area (Å²) in [5.41, 5.74) is 2.54. The maximum Gasteiger partial charge on any atom is 0.262 e. The van der Waals surface area contributed by atoms with Crippen LogP contribution in [-0.2, 0) is 4.79 Å². The van der Waals surface area contributed by atoms with Crippen LogP contribution in [-0.4, -0.2) is 35.5 Å². The summed E-state index contributed by atoms with van der Waals surface area (Å²) in [6, 6.07) is 13.0. The number of amides is 1. The number of nitrogens with one attached hydrogen (secondary N) is 1. The van der Waals surface area contributed by atoms with Crippen LogP contribution in [0.4, 0.5) is 5.69 Å². The second-order valence-corrected chi connectivity index (χ2v) is 7.07. The molecule has 1 amide bonds. The smallest absolute Gasteiger partial charge is 0.262 e. The number of halogens is 1. The summed E-state index contributed by atoms with van der Waals surface area (Å²) in [5.74, 6) is 0.406. The van der Waals surface area contributed by atoms with E-state index in [-0.39, 0.29) is 12.5 Å². The lowest BCUT2D eigenvalue weighted by Crippen LogP contribution is -2.26. The summed E-state index contributed by atoms with van der Waals surface area (Å²) < 4.78 is 5.57. The molecule has 0 radical (unpaired) electrons. The van der Waals surface area contributed by atoms with Gasteiger partial charge in [0.05, 0.1) is 0 Å². The lowest BCUT2D eigenvalue weighted by molar-refractivity contribution is -0.118. The molecule has 1 heterocycles. The van der Waals surface area contributed by atoms with Crippen molar-refractivity contribution in [1.29, 1.82) is 0 Å². The van der Waals surface area contributed by atoms with Gasteiger partial charge in [-0.15, -0.1) is 0 Å². The van der Waals surface area contributed by atoms with Gasteiger partial charge < -0.3 is 15.0 Å². The quantitative estimate of drug-likeness (QED) is 0.769. The van der Waals surface area contributed by atoms with Crippen LogP contribution in [0.2, 0.25) is 5.02 Å². The molecule has 1 fully saturated rings. The third kappa shape index (κ3) is 4.54. The van der Waals surface area contributed by atoms with Gasteiger partial charge in [0.2, 0.25) is 0 Å². The van der Waals surface area contributed by atoms with E-state index in [1.807, 2.05) is 37.3 Å². The zero-order valence-electron chi connectivity index (χ0n) is 14.6. The average molecular weight is 389 g/mol. The molecule has 136 valence electrons. The molecule has 0 unspecified atom stereocenters. The molecule has 26 heavy (non-hydrogen) atoms. The van der Waals surface area contributed by atoms with Crippen LogP contribution in [0.1, 0.15) is 24.0 Å². The molecule has 1 aliphatic rings. The number of ether oxygens (including phenoxy) is 1. The summed E-state index contributed by atoms with van der Waals surface area (Å²) in [6.07, 6.45) is 2.39. The van der Waals surface area contributed by atoms with Gasteiger partial charge in [-0.25, -0.2) is 0 Å². The van der Waals surface area contributed by atoms with Gasteiger partial charge in [0.25, 0.3) is 5.91 Å². The van der Waals surface area contributed by atoms with Crippen LogP contribution >= 0.6 is 23.8 Å². The van der Waals surface area contributed by atoms with Crippen molar-refractivity contribution >= 4 is 40.4 Å². The Morgan fingerprint density at radius 3 is 2.58 bits per heavy atom. The van der Waals surface area contributed by atoms with Crippen LogP contribution in [0.3, 0.4) is 0 Å². The van der Waals surface area contributed by atoms with Gasteiger partial charge in [-0.05, 0) is 61.7 Å². The van der Waals surface area contributed by atoms with Crippen molar-refractivity contribution in [2.45, 2.75) is 19.8 Å². The maximum absolute atomic E-state index is 12.1. The number of benzene rings is 2. The molecule has 0 spiro atoms. The third-order valence-corrected chi connectivity index (χ3v) is 5.31. The molecule has 0 saturated carbocycles. The maximum atomic E-state index is 12.1. The number of hydrogen-bond acceptors (Lipinski definition) is 3. The zero-order chi connectivity index (χ0) is 18.5. The number of carbonyl (C=O) groups is 1. The molecule has 1 aliphatic heterocycles. The van der Waals surface area contributed by atoms with Crippen molar-refractivity contribution in [3.8, 4) is 5.75 Å².